The number of aromatic amines is 1. The van der Waals surface area contributed by atoms with Crippen molar-refractivity contribution in [3.05, 3.63) is 53.1 Å². The summed E-state index contributed by atoms with van der Waals surface area (Å²) in [6, 6.07) is 11.7. The molecule has 1 saturated heterocycles. The van der Waals surface area contributed by atoms with Gasteiger partial charge in [0.2, 0.25) is 0 Å². The van der Waals surface area contributed by atoms with E-state index in [2.05, 4.69) is 33.4 Å². The number of nitrogens with zero attached hydrogens (tertiary/aromatic N) is 1. The number of amides is 1. The number of likely N-dealkylation sites (tertiary alicyclic amines) is 1. The zero-order chi connectivity index (χ0) is 23.2. The van der Waals surface area contributed by atoms with Crippen molar-refractivity contribution in [2.75, 3.05) is 26.0 Å². The minimum Gasteiger partial charge on any atom is -0.396 e. The molecule has 3 N–H and O–H groups in total. The smallest absolute Gasteiger partial charge is 0.306 e. The summed E-state index contributed by atoms with van der Waals surface area (Å²) in [6.07, 6.45) is 3.04. The minimum atomic E-state index is -3.70. The number of carbonyl (C=O) groups excluding carboxylic acids is 1. The summed E-state index contributed by atoms with van der Waals surface area (Å²) in [5.74, 6) is 0.353. The van der Waals surface area contributed by atoms with E-state index in [1.165, 1.54) is 5.56 Å². The second kappa shape index (κ2) is 9.58. The molecule has 0 radical (unpaired) electrons. The zero-order valence-corrected chi connectivity index (χ0v) is 20.5. The van der Waals surface area contributed by atoms with E-state index in [1.807, 2.05) is 6.07 Å². The molecule has 0 atom stereocenters. The summed E-state index contributed by atoms with van der Waals surface area (Å²) >= 11 is 0. The van der Waals surface area contributed by atoms with E-state index in [-0.39, 0.29) is 37.2 Å². The zero-order valence-electron chi connectivity index (χ0n) is 18.8. The normalized spacial score (nSPS) is 16.8. The third-order valence-corrected chi connectivity index (χ3v) is 6.99. The first-order valence-electron chi connectivity index (χ1n) is 11.1. The first-order chi connectivity index (χ1) is 15.8. The van der Waals surface area contributed by atoms with Crippen LogP contribution in [0, 0.1) is 5.92 Å². The molecule has 1 amide bonds. The average Bonchev–Trinajstić information content (AvgIpc) is 3.37. The van der Waals surface area contributed by atoms with Crippen molar-refractivity contribution in [3.8, 4) is 17.0 Å². The predicted octanol–water partition coefficient (Wildman–Crippen LogP) is 3.04. The van der Waals surface area contributed by atoms with Gasteiger partial charge in [-0.3, -0.25) is 9.69 Å². The molecule has 8 nitrogen and oxygen atoms in total. The van der Waals surface area contributed by atoms with Crippen molar-refractivity contribution in [1.29, 1.82) is 0 Å². The number of aromatic nitrogens is 1. The lowest BCUT2D eigenvalue weighted by molar-refractivity contribution is 0.0966. The lowest BCUT2D eigenvalue weighted by atomic mass is 9.97. The van der Waals surface area contributed by atoms with Crippen molar-refractivity contribution < 1.29 is 22.5 Å². The number of carbonyl (C=O) groups is 1. The maximum absolute atomic E-state index is 12.6. The van der Waals surface area contributed by atoms with Crippen LogP contribution >= 0.6 is 12.4 Å². The molecule has 182 valence electrons. The van der Waals surface area contributed by atoms with Crippen molar-refractivity contribution in [2.24, 2.45) is 5.92 Å². The van der Waals surface area contributed by atoms with Crippen LogP contribution < -0.4 is 9.50 Å². The van der Waals surface area contributed by atoms with E-state index in [9.17, 15) is 18.3 Å². The number of hydrogen-bond acceptors (Lipinski definition) is 6. The molecule has 1 aromatic heterocycles. The maximum Gasteiger partial charge on any atom is 0.306 e. The fourth-order valence-corrected chi connectivity index (χ4v) is 5.28. The number of H-pyrrole nitrogens is 1. The minimum absolute atomic E-state index is 0. The molecular formula is C24H28ClN3O5S. The third-order valence-electron chi connectivity index (χ3n) is 6.51. The Morgan fingerprint density at radius 3 is 2.62 bits per heavy atom. The quantitative estimate of drug-likeness (QED) is 0.444. The molecule has 0 aliphatic carbocycles. The van der Waals surface area contributed by atoms with Gasteiger partial charge in [0, 0.05) is 47.4 Å². The van der Waals surface area contributed by atoms with Crippen LogP contribution in [-0.4, -0.2) is 55.3 Å². The van der Waals surface area contributed by atoms with Crippen LogP contribution in [0.5, 0.6) is 5.75 Å². The Balaban J connectivity index is 0.00000274. The van der Waals surface area contributed by atoms with Crippen molar-refractivity contribution in [2.45, 2.75) is 25.9 Å². The highest BCUT2D eigenvalue weighted by Crippen LogP contribution is 2.36. The van der Waals surface area contributed by atoms with Crippen LogP contribution in [0.2, 0.25) is 0 Å². The first kappa shape index (κ1) is 24.5. The Kier molecular flexibility index (Phi) is 6.91. The molecule has 34 heavy (non-hydrogen) atoms. The van der Waals surface area contributed by atoms with E-state index in [4.69, 9.17) is 4.18 Å². The van der Waals surface area contributed by atoms with Gasteiger partial charge in [-0.25, -0.2) is 0 Å². The summed E-state index contributed by atoms with van der Waals surface area (Å²) in [6.45, 7) is 3.35. The van der Waals surface area contributed by atoms with Gasteiger partial charge >= 0.3 is 10.1 Å². The topological polar surface area (TPSA) is 112 Å². The molecule has 0 spiro atoms. The number of aliphatic hydroxyl groups excluding tert-OH is 1. The predicted molar refractivity (Wildman–Crippen MR) is 133 cm³/mol. The molecule has 3 heterocycles. The molecule has 3 aromatic rings. The summed E-state index contributed by atoms with van der Waals surface area (Å²) in [5.41, 5.74) is 4.68. The Hall–Kier alpha value is -2.59. The number of piperidine rings is 1. The molecule has 10 heteroatoms. The standard InChI is InChI=1S/C24H27N3O5S.ClH/c1-33(30,31)32-22-5-3-18(23-19(22)12-25-24(23)29)21-11-17-10-16(2-4-20(17)26-21)13-27-8-6-15(14-28)7-9-27;/h2-5,10-11,15,26,28H,6-9,12-14H2,1H3,(H,25,29);1H. The third kappa shape index (κ3) is 4.93. The molecule has 0 unspecified atom stereocenters. The fourth-order valence-electron chi connectivity index (χ4n) is 4.80. The lowest BCUT2D eigenvalue weighted by Gasteiger charge is -2.31. The second-order valence-corrected chi connectivity index (χ2v) is 10.5. The molecule has 0 bridgehead atoms. The molecule has 2 aromatic carbocycles. The van der Waals surface area contributed by atoms with Crippen molar-refractivity contribution in [1.82, 2.24) is 15.2 Å². The highest BCUT2D eigenvalue weighted by molar-refractivity contribution is 7.86. The Labute approximate surface area is 204 Å². The molecule has 2 aliphatic rings. The van der Waals surface area contributed by atoms with Crippen LogP contribution in [0.4, 0.5) is 0 Å². The van der Waals surface area contributed by atoms with Gasteiger partial charge in [0.05, 0.1) is 11.8 Å². The van der Waals surface area contributed by atoms with Gasteiger partial charge < -0.3 is 19.6 Å². The summed E-state index contributed by atoms with van der Waals surface area (Å²) < 4.78 is 28.3. The first-order valence-corrected chi connectivity index (χ1v) is 12.9. The van der Waals surface area contributed by atoms with Crippen LogP contribution in [0.3, 0.4) is 0 Å². The van der Waals surface area contributed by atoms with Gasteiger partial charge in [-0.1, -0.05) is 6.07 Å². The largest absolute Gasteiger partial charge is 0.396 e. The number of rotatable bonds is 6. The van der Waals surface area contributed by atoms with Gasteiger partial charge in [-0.2, -0.15) is 8.42 Å². The Bertz CT molecular complexity index is 1330. The fraction of sp³-hybridized carbons (Fsp3) is 0.375. The lowest BCUT2D eigenvalue weighted by Crippen LogP contribution is -2.34. The van der Waals surface area contributed by atoms with Gasteiger partial charge in [0.25, 0.3) is 5.91 Å². The van der Waals surface area contributed by atoms with Crippen LogP contribution in [0.1, 0.15) is 34.3 Å². The van der Waals surface area contributed by atoms with Crippen LogP contribution in [-0.2, 0) is 23.2 Å². The SMILES string of the molecule is CS(=O)(=O)Oc1ccc(-c2cc3cc(CN4CCC(CO)CC4)ccc3[nH]2)c2c1CNC2=O.Cl. The van der Waals surface area contributed by atoms with Gasteiger partial charge in [-0.05, 0) is 67.7 Å². The van der Waals surface area contributed by atoms with E-state index >= 15 is 0 Å². The summed E-state index contributed by atoms with van der Waals surface area (Å²) in [5, 5.41) is 13.2. The number of hydrogen-bond donors (Lipinski definition) is 3. The Morgan fingerprint density at radius 1 is 1.15 bits per heavy atom. The van der Waals surface area contributed by atoms with E-state index in [0.29, 0.717) is 22.6 Å². The highest BCUT2D eigenvalue weighted by Gasteiger charge is 2.28. The van der Waals surface area contributed by atoms with Gasteiger partial charge in [-0.15, -0.1) is 12.4 Å². The van der Waals surface area contributed by atoms with Gasteiger partial charge in [0.15, 0.2) is 0 Å². The van der Waals surface area contributed by atoms with E-state index in [1.54, 1.807) is 12.1 Å². The number of aliphatic hydroxyl groups is 1. The Morgan fingerprint density at radius 2 is 1.91 bits per heavy atom. The van der Waals surface area contributed by atoms with E-state index < -0.39 is 10.1 Å². The number of nitrogens with one attached hydrogen (secondary N) is 2. The van der Waals surface area contributed by atoms with Crippen molar-refractivity contribution in [3.63, 3.8) is 0 Å². The van der Waals surface area contributed by atoms with Crippen LogP contribution in [0.25, 0.3) is 22.2 Å². The monoisotopic (exact) mass is 505 g/mol. The summed E-state index contributed by atoms with van der Waals surface area (Å²) in [7, 11) is -3.70. The highest BCUT2D eigenvalue weighted by atomic mass is 35.5. The van der Waals surface area contributed by atoms with Crippen molar-refractivity contribution >= 4 is 39.3 Å². The summed E-state index contributed by atoms with van der Waals surface area (Å²) in [4.78, 5) is 18.4. The average molecular weight is 506 g/mol. The number of fused-ring (bicyclic) bond motifs is 2. The number of benzene rings is 2. The van der Waals surface area contributed by atoms with E-state index in [0.717, 1.165) is 55.3 Å². The maximum atomic E-state index is 12.6. The second-order valence-electron chi connectivity index (χ2n) is 8.94. The van der Waals surface area contributed by atoms with Gasteiger partial charge in [0.1, 0.15) is 5.75 Å². The van der Waals surface area contributed by atoms with Crippen LogP contribution in [0.15, 0.2) is 36.4 Å². The molecule has 1 fully saturated rings. The number of halogens is 1. The molecular weight excluding hydrogens is 478 g/mol. The molecule has 5 rings (SSSR count). The molecule has 0 saturated carbocycles. The molecule has 2 aliphatic heterocycles.